The van der Waals surface area contributed by atoms with Gasteiger partial charge in [-0.2, -0.15) is 0 Å². The highest BCUT2D eigenvalue weighted by molar-refractivity contribution is 9.10. The first-order valence-electron chi connectivity index (χ1n) is 6.48. The van der Waals surface area contributed by atoms with Crippen molar-refractivity contribution >= 4 is 27.5 Å². The van der Waals surface area contributed by atoms with Crippen molar-refractivity contribution < 1.29 is 9.47 Å². The van der Waals surface area contributed by atoms with Gasteiger partial charge in [-0.3, -0.25) is 0 Å². The minimum absolute atomic E-state index is 0.502. The SMILES string of the molecule is ClCc1ccc(OCc2cc(Br)cc3c2OCC3)cc1. The molecule has 1 aliphatic heterocycles. The number of alkyl halides is 1. The zero-order chi connectivity index (χ0) is 13.9. The van der Waals surface area contributed by atoms with E-state index in [2.05, 4.69) is 28.1 Å². The summed E-state index contributed by atoms with van der Waals surface area (Å²) in [7, 11) is 0. The van der Waals surface area contributed by atoms with Crippen LogP contribution in [0.15, 0.2) is 40.9 Å². The second-order valence-corrected chi connectivity index (χ2v) is 5.90. The van der Waals surface area contributed by atoms with Crippen LogP contribution >= 0.6 is 27.5 Å². The zero-order valence-electron chi connectivity index (χ0n) is 10.9. The molecule has 1 heterocycles. The summed E-state index contributed by atoms with van der Waals surface area (Å²) in [5.41, 5.74) is 3.41. The molecule has 0 atom stereocenters. The maximum atomic E-state index is 5.83. The van der Waals surface area contributed by atoms with Crippen LogP contribution < -0.4 is 9.47 Å². The first-order valence-corrected chi connectivity index (χ1v) is 7.81. The van der Waals surface area contributed by atoms with E-state index in [0.717, 1.165) is 40.1 Å². The standard InChI is InChI=1S/C16H14BrClO2/c17-14-7-12-5-6-19-16(12)13(8-14)10-20-15-3-1-11(9-18)2-4-15/h1-4,7-8H,5-6,9-10H2. The van der Waals surface area contributed by atoms with Crippen molar-refractivity contribution in [3.8, 4) is 11.5 Å². The number of rotatable bonds is 4. The van der Waals surface area contributed by atoms with Gasteiger partial charge < -0.3 is 9.47 Å². The molecule has 3 rings (SSSR count). The third-order valence-corrected chi connectivity index (χ3v) is 4.06. The van der Waals surface area contributed by atoms with Crippen LogP contribution in [-0.4, -0.2) is 6.61 Å². The van der Waals surface area contributed by atoms with Gasteiger partial charge in [0.15, 0.2) is 0 Å². The first-order chi connectivity index (χ1) is 9.76. The summed E-state index contributed by atoms with van der Waals surface area (Å²) in [4.78, 5) is 0. The maximum Gasteiger partial charge on any atom is 0.129 e. The first kappa shape index (κ1) is 13.8. The summed E-state index contributed by atoms with van der Waals surface area (Å²) in [6.07, 6.45) is 0.964. The Morgan fingerprint density at radius 2 is 2.00 bits per heavy atom. The quantitative estimate of drug-likeness (QED) is 0.742. The van der Waals surface area contributed by atoms with Gasteiger partial charge in [-0.25, -0.2) is 0 Å². The van der Waals surface area contributed by atoms with Crippen LogP contribution in [0.1, 0.15) is 16.7 Å². The molecule has 0 unspecified atom stereocenters. The molecule has 0 saturated carbocycles. The van der Waals surface area contributed by atoms with Crippen LogP contribution in [0.5, 0.6) is 11.5 Å². The number of benzene rings is 2. The van der Waals surface area contributed by atoms with Crippen molar-refractivity contribution in [1.82, 2.24) is 0 Å². The number of hydrogen-bond acceptors (Lipinski definition) is 2. The van der Waals surface area contributed by atoms with Crippen LogP contribution in [0, 0.1) is 0 Å². The van der Waals surface area contributed by atoms with Gasteiger partial charge >= 0.3 is 0 Å². The minimum atomic E-state index is 0.502. The summed E-state index contributed by atoms with van der Waals surface area (Å²) in [6.45, 7) is 1.26. The van der Waals surface area contributed by atoms with E-state index in [1.165, 1.54) is 5.56 Å². The molecule has 0 aromatic heterocycles. The minimum Gasteiger partial charge on any atom is -0.493 e. The molecule has 0 radical (unpaired) electrons. The monoisotopic (exact) mass is 352 g/mol. The maximum absolute atomic E-state index is 5.83. The van der Waals surface area contributed by atoms with Crippen LogP contribution in [0.3, 0.4) is 0 Å². The van der Waals surface area contributed by atoms with E-state index >= 15 is 0 Å². The van der Waals surface area contributed by atoms with Crippen molar-refractivity contribution in [1.29, 1.82) is 0 Å². The second kappa shape index (κ2) is 6.06. The van der Waals surface area contributed by atoms with E-state index in [-0.39, 0.29) is 0 Å². The molecule has 104 valence electrons. The molecule has 20 heavy (non-hydrogen) atoms. The number of fused-ring (bicyclic) bond motifs is 1. The Bertz CT molecular complexity index is 611. The highest BCUT2D eigenvalue weighted by Crippen LogP contribution is 2.33. The lowest BCUT2D eigenvalue weighted by atomic mass is 10.1. The van der Waals surface area contributed by atoms with Crippen molar-refractivity contribution in [2.45, 2.75) is 18.9 Å². The van der Waals surface area contributed by atoms with Gasteiger partial charge in [0, 0.05) is 22.3 Å². The number of halogens is 2. The predicted octanol–water partition coefficient (Wildman–Crippen LogP) is 4.70. The Kier molecular flexibility index (Phi) is 4.18. The molecular weight excluding hydrogens is 340 g/mol. The molecule has 1 aliphatic rings. The van der Waals surface area contributed by atoms with Gasteiger partial charge in [0.05, 0.1) is 6.61 Å². The van der Waals surface area contributed by atoms with Crippen LogP contribution in [0.25, 0.3) is 0 Å². The summed E-state index contributed by atoms with van der Waals surface area (Å²) >= 11 is 9.31. The average Bonchev–Trinajstić information content (AvgIpc) is 2.93. The smallest absolute Gasteiger partial charge is 0.129 e. The summed E-state index contributed by atoms with van der Waals surface area (Å²) in [5, 5.41) is 0. The Hall–Kier alpha value is -1.19. The lowest BCUT2D eigenvalue weighted by molar-refractivity contribution is 0.292. The fourth-order valence-corrected chi connectivity index (χ4v) is 3.02. The van der Waals surface area contributed by atoms with Gasteiger partial charge in [0.2, 0.25) is 0 Å². The van der Waals surface area contributed by atoms with E-state index < -0.39 is 0 Å². The molecule has 2 aromatic rings. The van der Waals surface area contributed by atoms with E-state index in [0.29, 0.717) is 12.5 Å². The molecule has 0 saturated heterocycles. The highest BCUT2D eigenvalue weighted by atomic mass is 79.9. The Morgan fingerprint density at radius 3 is 2.75 bits per heavy atom. The Balaban J connectivity index is 1.75. The van der Waals surface area contributed by atoms with E-state index in [1.54, 1.807) is 0 Å². The lowest BCUT2D eigenvalue weighted by Gasteiger charge is -2.11. The van der Waals surface area contributed by atoms with Gasteiger partial charge in [-0.1, -0.05) is 28.1 Å². The van der Waals surface area contributed by atoms with Gasteiger partial charge in [-0.05, 0) is 35.4 Å². The van der Waals surface area contributed by atoms with Gasteiger partial charge in [0.25, 0.3) is 0 Å². The van der Waals surface area contributed by atoms with Crippen LogP contribution in [0.4, 0.5) is 0 Å². The molecule has 0 amide bonds. The van der Waals surface area contributed by atoms with Crippen molar-refractivity contribution in [3.63, 3.8) is 0 Å². The lowest BCUT2D eigenvalue weighted by Crippen LogP contribution is -1.99. The fraction of sp³-hybridized carbons (Fsp3) is 0.250. The average molecular weight is 354 g/mol. The fourth-order valence-electron chi connectivity index (χ4n) is 2.29. The molecule has 0 aliphatic carbocycles. The van der Waals surface area contributed by atoms with Gasteiger partial charge in [0.1, 0.15) is 18.1 Å². The van der Waals surface area contributed by atoms with Gasteiger partial charge in [-0.15, -0.1) is 11.6 Å². The predicted molar refractivity (Wildman–Crippen MR) is 83.7 cm³/mol. The van der Waals surface area contributed by atoms with Crippen molar-refractivity contribution in [2.75, 3.05) is 6.61 Å². The topological polar surface area (TPSA) is 18.5 Å². The van der Waals surface area contributed by atoms with Crippen molar-refractivity contribution in [2.24, 2.45) is 0 Å². The molecule has 0 bridgehead atoms. The third-order valence-electron chi connectivity index (χ3n) is 3.30. The molecule has 2 aromatic carbocycles. The van der Waals surface area contributed by atoms with Crippen LogP contribution in [0.2, 0.25) is 0 Å². The Labute approximate surface area is 131 Å². The second-order valence-electron chi connectivity index (χ2n) is 4.72. The molecule has 2 nitrogen and oxygen atoms in total. The Morgan fingerprint density at radius 1 is 1.20 bits per heavy atom. The van der Waals surface area contributed by atoms with Crippen molar-refractivity contribution in [3.05, 3.63) is 57.6 Å². The number of ether oxygens (including phenoxy) is 2. The molecule has 4 heteroatoms. The molecular formula is C16H14BrClO2. The number of hydrogen-bond donors (Lipinski definition) is 0. The normalized spacial score (nSPS) is 12.9. The third kappa shape index (κ3) is 2.94. The van der Waals surface area contributed by atoms with E-state index in [9.17, 15) is 0 Å². The summed E-state index contributed by atoms with van der Waals surface area (Å²) in [5.74, 6) is 2.34. The van der Waals surface area contributed by atoms with E-state index in [4.69, 9.17) is 21.1 Å². The summed E-state index contributed by atoms with van der Waals surface area (Å²) in [6, 6.07) is 12.0. The highest BCUT2D eigenvalue weighted by Gasteiger charge is 2.17. The van der Waals surface area contributed by atoms with Crippen LogP contribution in [-0.2, 0) is 18.9 Å². The summed E-state index contributed by atoms with van der Waals surface area (Å²) < 4.78 is 12.6. The molecule has 0 fully saturated rings. The van der Waals surface area contributed by atoms with E-state index in [1.807, 2.05) is 24.3 Å². The largest absolute Gasteiger partial charge is 0.493 e. The zero-order valence-corrected chi connectivity index (χ0v) is 13.2. The molecule has 0 N–H and O–H groups in total. The molecule has 0 spiro atoms.